The molecule has 1 aromatic heterocycles. The summed E-state index contributed by atoms with van der Waals surface area (Å²) in [4.78, 5) is 12.0. The van der Waals surface area contributed by atoms with Gasteiger partial charge in [-0.15, -0.1) is 0 Å². The van der Waals surface area contributed by atoms with Crippen LogP contribution in [-0.2, 0) is 17.2 Å². The van der Waals surface area contributed by atoms with E-state index in [1.807, 2.05) is 0 Å². The second-order valence-corrected chi connectivity index (χ2v) is 5.31. The molecule has 0 N–H and O–H groups in total. The van der Waals surface area contributed by atoms with Gasteiger partial charge in [0.15, 0.2) is 0 Å². The fraction of sp³-hybridized carbons (Fsp3) is 0.182. The normalized spacial score (nSPS) is 11.6. The number of aromatic nitrogens is 1. The molecule has 0 aliphatic heterocycles. The van der Waals surface area contributed by atoms with Crippen LogP contribution in [0.1, 0.15) is 0 Å². The summed E-state index contributed by atoms with van der Waals surface area (Å²) in [6.07, 6.45) is 2.27. The smallest absolute Gasteiger partial charge is 0.306 e. The van der Waals surface area contributed by atoms with Crippen molar-refractivity contribution >= 4 is 21.0 Å². The maximum atomic E-state index is 12.0. The molecule has 0 aliphatic carbocycles. The highest BCUT2D eigenvalue weighted by Crippen LogP contribution is 2.14. The van der Waals surface area contributed by atoms with Gasteiger partial charge in [0, 0.05) is 12.4 Å². The molecule has 0 unspecified atom stereocenters. The summed E-state index contributed by atoms with van der Waals surface area (Å²) >= 11 is 0. The number of nitrogens with zero attached hydrogens (tertiary/aromatic N) is 1. The van der Waals surface area contributed by atoms with Crippen molar-refractivity contribution < 1.29 is 12.6 Å². The Labute approximate surface area is 98.4 Å². The van der Waals surface area contributed by atoms with E-state index in [1.54, 1.807) is 35.9 Å². The Hall–Kier alpha value is -1.82. The average Bonchev–Trinajstić information content (AvgIpc) is 2.24. The fourth-order valence-corrected chi connectivity index (χ4v) is 2.08. The molecule has 1 heterocycles. The summed E-state index contributed by atoms with van der Waals surface area (Å²) in [7, 11) is -1.98. The number of hydrogen-bond acceptors (Lipinski definition) is 4. The molecule has 0 atom stereocenters. The molecule has 5 nitrogen and oxygen atoms in total. The van der Waals surface area contributed by atoms with Crippen molar-refractivity contribution in [2.75, 3.05) is 6.26 Å². The van der Waals surface area contributed by atoms with Crippen molar-refractivity contribution in [2.45, 2.75) is 0 Å². The van der Waals surface area contributed by atoms with Gasteiger partial charge >= 0.3 is 10.1 Å². The van der Waals surface area contributed by atoms with E-state index < -0.39 is 15.5 Å². The van der Waals surface area contributed by atoms with Crippen LogP contribution in [-0.4, -0.2) is 19.2 Å². The molecule has 17 heavy (non-hydrogen) atoms. The third-order valence-electron chi connectivity index (χ3n) is 2.30. The molecule has 0 radical (unpaired) electrons. The molecule has 1 aromatic carbocycles. The molecule has 6 heteroatoms. The van der Waals surface area contributed by atoms with Crippen LogP contribution in [0, 0.1) is 0 Å². The minimum Gasteiger partial charge on any atom is -0.377 e. The summed E-state index contributed by atoms with van der Waals surface area (Å²) in [5.74, 6) is -0.186. The van der Waals surface area contributed by atoms with Gasteiger partial charge in [0.2, 0.25) is 11.2 Å². The van der Waals surface area contributed by atoms with Crippen LogP contribution in [0.2, 0.25) is 0 Å². The number of benzene rings is 1. The summed E-state index contributed by atoms with van der Waals surface area (Å²) in [6.45, 7) is 0. The lowest BCUT2D eigenvalue weighted by atomic mass is 10.2. The first-order valence-corrected chi connectivity index (χ1v) is 6.68. The van der Waals surface area contributed by atoms with Gasteiger partial charge < -0.3 is 8.75 Å². The highest BCUT2D eigenvalue weighted by atomic mass is 32.2. The third-order valence-corrected chi connectivity index (χ3v) is 2.79. The zero-order valence-electron chi connectivity index (χ0n) is 9.38. The van der Waals surface area contributed by atoms with Crippen LogP contribution in [0.4, 0.5) is 0 Å². The molecule has 2 aromatic rings. The summed E-state index contributed by atoms with van der Waals surface area (Å²) in [5, 5.41) is 0.427. The third kappa shape index (κ3) is 2.31. The number of fused-ring (bicyclic) bond motifs is 1. The fourth-order valence-electron chi connectivity index (χ4n) is 1.63. The van der Waals surface area contributed by atoms with Crippen LogP contribution >= 0.6 is 0 Å². The molecule has 0 aliphatic rings. The lowest BCUT2D eigenvalue weighted by molar-refractivity contribution is 0.488. The van der Waals surface area contributed by atoms with Gasteiger partial charge in [-0.25, -0.2) is 0 Å². The molecule has 0 fully saturated rings. The minimum atomic E-state index is -3.70. The minimum absolute atomic E-state index is 0.186. The SMILES string of the molecule is Cn1cc(OS(C)(=O)=O)c(=O)c2ccccc21. The Balaban J connectivity index is 2.76. The highest BCUT2D eigenvalue weighted by Gasteiger charge is 2.12. The van der Waals surface area contributed by atoms with Crippen LogP contribution in [0.5, 0.6) is 5.75 Å². The first-order valence-electron chi connectivity index (χ1n) is 4.86. The van der Waals surface area contributed by atoms with Crippen molar-refractivity contribution in [3.8, 4) is 5.75 Å². The first kappa shape index (κ1) is 11.7. The number of pyridine rings is 1. The Morgan fingerprint density at radius 1 is 1.24 bits per heavy atom. The Kier molecular flexibility index (Phi) is 2.66. The molecule has 0 amide bonds. The lowest BCUT2D eigenvalue weighted by Crippen LogP contribution is -2.16. The number of hydrogen-bond donors (Lipinski definition) is 0. The van der Waals surface area contributed by atoms with E-state index in [9.17, 15) is 13.2 Å². The van der Waals surface area contributed by atoms with Crippen molar-refractivity contribution in [3.63, 3.8) is 0 Å². The van der Waals surface area contributed by atoms with Gasteiger partial charge in [-0.2, -0.15) is 8.42 Å². The Bertz CT molecular complexity index is 731. The molecule has 0 saturated heterocycles. The van der Waals surface area contributed by atoms with Crippen molar-refractivity contribution in [3.05, 3.63) is 40.7 Å². The molecule has 90 valence electrons. The molecular formula is C11H11NO4S. The maximum absolute atomic E-state index is 12.0. The molecule has 0 spiro atoms. The second-order valence-electron chi connectivity index (χ2n) is 3.74. The zero-order chi connectivity index (χ0) is 12.6. The monoisotopic (exact) mass is 253 g/mol. The van der Waals surface area contributed by atoms with E-state index in [1.165, 1.54) is 6.20 Å². The quantitative estimate of drug-likeness (QED) is 0.745. The summed E-state index contributed by atoms with van der Waals surface area (Å²) in [5.41, 5.74) is 0.294. The highest BCUT2D eigenvalue weighted by molar-refractivity contribution is 7.86. The van der Waals surface area contributed by atoms with E-state index >= 15 is 0 Å². The number of para-hydroxylation sites is 1. The summed E-state index contributed by atoms with van der Waals surface area (Å²) < 4.78 is 28.4. The van der Waals surface area contributed by atoms with E-state index in [2.05, 4.69) is 4.18 Å². The van der Waals surface area contributed by atoms with Crippen molar-refractivity contribution in [1.29, 1.82) is 0 Å². The van der Waals surface area contributed by atoms with Gasteiger partial charge in [-0.05, 0) is 12.1 Å². The van der Waals surface area contributed by atoms with Crippen molar-refractivity contribution in [1.82, 2.24) is 4.57 Å². The van der Waals surface area contributed by atoms with Crippen LogP contribution in [0.25, 0.3) is 10.9 Å². The lowest BCUT2D eigenvalue weighted by Gasteiger charge is -2.08. The Morgan fingerprint density at radius 2 is 1.88 bits per heavy atom. The second kappa shape index (κ2) is 3.89. The van der Waals surface area contributed by atoms with E-state index in [0.29, 0.717) is 5.39 Å². The van der Waals surface area contributed by atoms with Crippen LogP contribution < -0.4 is 9.61 Å². The Morgan fingerprint density at radius 3 is 2.53 bits per heavy atom. The molecular weight excluding hydrogens is 242 g/mol. The van der Waals surface area contributed by atoms with Gasteiger partial charge in [-0.1, -0.05) is 12.1 Å². The van der Waals surface area contributed by atoms with E-state index in [-0.39, 0.29) is 5.75 Å². The molecule has 0 saturated carbocycles. The number of aryl methyl sites for hydroxylation is 1. The average molecular weight is 253 g/mol. The molecule has 0 bridgehead atoms. The number of rotatable bonds is 2. The predicted molar refractivity (Wildman–Crippen MR) is 64.7 cm³/mol. The standard InChI is InChI=1S/C11H11NO4S/c1-12-7-10(16-17(2,14)15)11(13)8-5-3-4-6-9(8)12/h3-7H,1-2H3. The van der Waals surface area contributed by atoms with Gasteiger partial charge in [0.25, 0.3) is 0 Å². The largest absolute Gasteiger partial charge is 0.377 e. The van der Waals surface area contributed by atoms with E-state index in [0.717, 1.165) is 11.8 Å². The van der Waals surface area contributed by atoms with Gasteiger partial charge in [0.05, 0.1) is 18.0 Å². The van der Waals surface area contributed by atoms with Crippen LogP contribution in [0.3, 0.4) is 0 Å². The van der Waals surface area contributed by atoms with Gasteiger partial charge in [0.1, 0.15) is 0 Å². The maximum Gasteiger partial charge on any atom is 0.306 e. The predicted octanol–water partition coefficient (Wildman–Crippen LogP) is 0.877. The topological polar surface area (TPSA) is 65.4 Å². The van der Waals surface area contributed by atoms with Crippen LogP contribution in [0.15, 0.2) is 35.3 Å². The first-order chi connectivity index (χ1) is 7.88. The van der Waals surface area contributed by atoms with Crippen molar-refractivity contribution in [2.24, 2.45) is 7.05 Å². The summed E-state index contributed by atoms with van der Waals surface area (Å²) in [6, 6.07) is 6.93. The zero-order valence-corrected chi connectivity index (χ0v) is 10.2. The molecule has 2 rings (SSSR count). The van der Waals surface area contributed by atoms with E-state index in [4.69, 9.17) is 0 Å². The van der Waals surface area contributed by atoms with Gasteiger partial charge in [-0.3, -0.25) is 4.79 Å².